The first-order chi connectivity index (χ1) is 12.9. The molecule has 1 saturated heterocycles. The highest BCUT2D eigenvalue weighted by Crippen LogP contribution is 2.15. The standard InChI is InChI=1S/C18H30N6O3/c1-14(12-22-6-8-27-9-7-22)17(25)19-11-15-10-16-13-23(18(26)21(2)3)4-5-24(16)20-15/h10,14H,4-9,11-13H2,1-3H3,(H,19,25)/t14-/m1/s1. The Morgan fingerprint density at radius 3 is 2.70 bits per heavy atom. The minimum atomic E-state index is -0.0754. The van der Waals surface area contributed by atoms with Crippen LogP contribution in [0, 0.1) is 5.92 Å². The lowest BCUT2D eigenvalue weighted by Gasteiger charge is -2.29. The van der Waals surface area contributed by atoms with E-state index in [0.29, 0.717) is 26.2 Å². The van der Waals surface area contributed by atoms with Gasteiger partial charge in [0, 0.05) is 46.2 Å². The third kappa shape index (κ3) is 4.98. The summed E-state index contributed by atoms with van der Waals surface area (Å²) in [5, 5.41) is 7.55. The molecule has 0 spiro atoms. The molecule has 2 aliphatic heterocycles. The van der Waals surface area contributed by atoms with Gasteiger partial charge < -0.3 is 19.9 Å². The Hall–Kier alpha value is -2.13. The van der Waals surface area contributed by atoms with Gasteiger partial charge in [0.2, 0.25) is 5.91 Å². The summed E-state index contributed by atoms with van der Waals surface area (Å²) in [7, 11) is 3.51. The number of morpholine rings is 1. The maximum absolute atomic E-state index is 12.4. The molecular weight excluding hydrogens is 348 g/mol. The highest BCUT2D eigenvalue weighted by atomic mass is 16.5. The number of carbonyl (C=O) groups is 2. The Morgan fingerprint density at radius 1 is 1.26 bits per heavy atom. The molecule has 3 rings (SSSR count). The average Bonchev–Trinajstić information content (AvgIpc) is 3.08. The van der Waals surface area contributed by atoms with Gasteiger partial charge in [-0.2, -0.15) is 5.10 Å². The van der Waals surface area contributed by atoms with E-state index in [1.165, 1.54) is 0 Å². The first-order valence-electron chi connectivity index (χ1n) is 9.53. The first kappa shape index (κ1) is 19.6. The van der Waals surface area contributed by atoms with Gasteiger partial charge in [-0.05, 0) is 6.07 Å². The van der Waals surface area contributed by atoms with Gasteiger partial charge in [0.05, 0.1) is 44.2 Å². The van der Waals surface area contributed by atoms with E-state index in [1.807, 2.05) is 22.6 Å². The largest absolute Gasteiger partial charge is 0.379 e. The fourth-order valence-corrected chi connectivity index (χ4v) is 3.46. The van der Waals surface area contributed by atoms with Crippen LogP contribution in [-0.2, 0) is 29.2 Å². The molecule has 0 aliphatic carbocycles. The molecule has 1 fully saturated rings. The second kappa shape index (κ2) is 8.71. The number of rotatable bonds is 5. The van der Waals surface area contributed by atoms with Gasteiger partial charge in [-0.3, -0.25) is 14.4 Å². The SMILES string of the molecule is C[C@H](CN1CCOCC1)C(=O)NCc1cc2n(n1)CCN(C(=O)N(C)C)C2. The molecule has 3 heterocycles. The summed E-state index contributed by atoms with van der Waals surface area (Å²) >= 11 is 0. The molecule has 1 N–H and O–H groups in total. The van der Waals surface area contributed by atoms with Crippen molar-refractivity contribution >= 4 is 11.9 Å². The maximum Gasteiger partial charge on any atom is 0.319 e. The van der Waals surface area contributed by atoms with E-state index in [2.05, 4.69) is 15.3 Å². The molecule has 0 bridgehead atoms. The fraction of sp³-hybridized carbons (Fsp3) is 0.722. The smallest absolute Gasteiger partial charge is 0.319 e. The zero-order chi connectivity index (χ0) is 19.4. The molecule has 1 aromatic heterocycles. The van der Waals surface area contributed by atoms with Gasteiger partial charge in [0.15, 0.2) is 0 Å². The highest BCUT2D eigenvalue weighted by Gasteiger charge is 2.24. The Labute approximate surface area is 160 Å². The molecule has 0 saturated carbocycles. The molecular formula is C18H30N6O3. The van der Waals surface area contributed by atoms with Crippen molar-refractivity contribution in [2.24, 2.45) is 5.92 Å². The molecule has 2 aliphatic rings. The van der Waals surface area contributed by atoms with Crippen LogP contribution in [0.1, 0.15) is 18.3 Å². The summed E-state index contributed by atoms with van der Waals surface area (Å²) in [4.78, 5) is 30.2. The van der Waals surface area contributed by atoms with Crippen molar-refractivity contribution in [3.05, 3.63) is 17.5 Å². The van der Waals surface area contributed by atoms with Crippen molar-refractivity contribution < 1.29 is 14.3 Å². The van der Waals surface area contributed by atoms with Crippen LogP contribution < -0.4 is 5.32 Å². The van der Waals surface area contributed by atoms with E-state index in [9.17, 15) is 9.59 Å². The molecule has 0 aromatic carbocycles. The van der Waals surface area contributed by atoms with Crippen molar-refractivity contribution in [3.8, 4) is 0 Å². The normalized spacial score (nSPS) is 18.7. The third-order valence-corrected chi connectivity index (χ3v) is 5.03. The number of hydrogen-bond acceptors (Lipinski definition) is 5. The third-order valence-electron chi connectivity index (χ3n) is 5.03. The molecule has 27 heavy (non-hydrogen) atoms. The van der Waals surface area contributed by atoms with Crippen LogP contribution in [0.15, 0.2) is 6.07 Å². The number of aromatic nitrogens is 2. The van der Waals surface area contributed by atoms with Crippen LogP contribution in [-0.4, -0.2) is 89.9 Å². The molecule has 1 aromatic rings. The lowest BCUT2D eigenvalue weighted by molar-refractivity contribution is -0.125. The zero-order valence-electron chi connectivity index (χ0n) is 16.5. The number of nitrogens with zero attached hydrogens (tertiary/aromatic N) is 5. The van der Waals surface area contributed by atoms with Crippen LogP contribution in [0.3, 0.4) is 0 Å². The Bertz CT molecular complexity index is 668. The number of hydrogen-bond donors (Lipinski definition) is 1. The number of amides is 3. The number of urea groups is 1. The topological polar surface area (TPSA) is 82.9 Å². The first-order valence-corrected chi connectivity index (χ1v) is 9.53. The van der Waals surface area contributed by atoms with Crippen molar-refractivity contribution in [2.75, 3.05) is 53.5 Å². The minimum absolute atomic E-state index is 0.00856. The number of carbonyl (C=O) groups excluding carboxylic acids is 2. The number of nitrogens with one attached hydrogen (secondary N) is 1. The molecule has 9 nitrogen and oxygen atoms in total. The zero-order valence-corrected chi connectivity index (χ0v) is 16.5. The minimum Gasteiger partial charge on any atom is -0.379 e. The molecule has 1 atom stereocenters. The van der Waals surface area contributed by atoms with E-state index in [0.717, 1.165) is 44.2 Å². The quantitative estimate of drug-likeness (QED) is 0.778. The van der Waals surface area contributed by atoms with E-state index in [4.69, 9.17) is 4.74 Å². The van der Waals surface area contributed by atoms with E-state index >= 15 is 0 Å². The maximum atomic E-state index is 12.4. The lowest BCUT2D eigenvalue weighted by atomic mass is 10.1. The van der Waals surface area contributed by atoms with Crippen LogP contribution in [0.2, 0.25) is 0 Å². The second-order valence-corrected chi connectivity index (χ2v) is 7.48. The van der Waals surface area contributed by atoms with Gasteiger partial charge in [-0.15, -0.1) is 0 Å². The van der Waals surface area contributed by atoms with Crippen LogP contribution in [0.4, 0.5) is 4.79 Å². The van der Waals surface area contributed by atoms with E-state index in [-0.39, 0.29) is 17.9 Å². The average molecular weight is 378 g/mol. The molecule has 0 radical (unpaired) electrons. The second-order valence-electron chi connectivity index (χ2n) is 7.48. The monoisotopic (exact) mass is 378 g/mol. The fourth-order valence-electron chi connectivity index (χ4n) is 3.46. The summed E-state index contributed by atoms with van der Waals surface area (Å²) in [5.41, 5.74) is 1.83. The van der Waals surface area contributed by atoms with Gasteiger partial charge >= 0.3 is 6.03 Å². The van der Waals surface area contributed by atoms with Crippen LogP contribution in [0.5, 0.6) is 0 Å². The Kier molecular flexibility index (Phi) is 6.33. The van der Waals surface area contributed by atoms with E-state index in [1.54, 1.807) is 19.0 Å². The van der Waals surface area contributed by atoms with Crippen molar-refractivity contribution in [3.63, 3.8) is 0 Å². The van der Waals surface area contributed by atoms with Crippen molar-refractivity contribution in [2.45, 2.75) is 26.6 Å². The Balaban J connectivity index is 1.49. The number of ether oxygens (including phenoxy) is 1. The predicted molar refractivity (Wildman–Crippen MR) is 100.0 cm³/mol. The van der Waals surface area contributed by atoms with E-state index < -0.39 is 0 Å². The summed E-state index contributed by atoms with van der Waals surface area (Å²) in [6, 6.07) is 1.98. The highest BCUT2D eigenvalue weighted by molar-refractivity contribution is 5.78. The van der Waals surface area contributed by atoms with Gasteiger partial charge in [0.1, 0.15) is 0 Å². The van der Waals surface area contributed by atoms with Crippen molar-refractivity contribution in [1.82, 2.24) is 29.8 Å². The molecule has 9 heteroatoms. The Morgan fingerprint density at radius 2 is 2.00 bits per heavy atom. The molecule has 150 valence electrons. The summed E-state index contributed by atoms with van der Waals surface area (Å²) in [5.74, 6) is -0.0366. The lowest BCUT2D eigenvalue weighted by Crippen LogP contribution is -2.43. The van der Waals surface area contributed by atoms with Crippen LogP contribution >= 0.6 is 0 Å². The summed E-state index contributed by atoms with van der Waals surface area (Å²) in [6.45, 7) is 8.22. The van der Waals surface area contributed by atoms with Gasteiger partial charge in [0.25, 0.3) is 0 Å². The number of fused-ring (bicyclic) bond motifs is 1. The summed E-state index contributed by atoms with van der Waals surface area (Å²) < 4.78 is 7.27. The van der Waals surface area contributed by atoms with Crippen molar-refractivity contribution in [1.29, 1.82) is 0 Å². The molecule has 0 unspecified atom stereocenters. The predicted octanol–water partition coefficient (Wildman–Crippen LogP) is -0.0352. The summed E-state index contributed by atoms with van der Waals surface area (Å²) in [6.07, 6.45) is 0. The van der Waals surface area contributed by atoms with Crippen LogP contribution in [0.25, 0.3) is 0 Å². The van der Waals surface area contributed by atoms with Gasteiger partial charge in [-0.1, -0.05) is 6.92 Å². The van der Waals surface area contributed by atoms with Gasteiger partial charge in [-0.25, -0.2) is 4.79 Å². The molecule has 3 amide bonds.